The second-order valence-electron chi connectivity index (χ2n) is 1.68. The van der Waals surface area contributed by atoms with Crippen molar-refractivity contribution in [3.8, 4) is 0 Å². The Morgan fingerprint density at radius 2 is 1.75 bits per heavy atom. The Morgan fingerprint density at radius 3 is 2.17 bits per heavy atom. The van der Waals surface area contributed by atoms with E-state index in [0.29, 0.717) is 0 Å². The molecule has 0 saturated carbocycles. The third kappa shape index (κ3) is 3.20. The highest BCUT2D eigenvalue weighted by Gasteiger charge is 2.21. The molecule has 6 heteroatoms. The van der Waals surface area contributed by atoms with Gasteiger partial charge in [0.2, 0.25) is 0 Å². The average molecular weight is 368 g/mol. The van der Waals surface area contributed by atoms with E-state index >= 15 is 0 Å². The maximum atomic E-state index is 2.15. The topological polar surface area (TPSA) is 0 Å². The summed E-state index contributed by atoms with van der Waals surface area (Å²) in [4.78, 5) is 1.47. The van der Waals surface area contributed by atoms with E-state index in [1.807, 2.05) is 56.0 Å². The standard InChI is InChI=1S/C6H9S5.HI/c1-7-4-5(8-2)10-11-6(4)9-3;/h1-3H3;1H/q+1;/p-1. The Bertz CT molecular complexity index is 212. The fourth-order valence-corrected chi connectivity index (χ4v) is 7.73. The monoisotopic (exact) mass is 368 g/mol. The van der Waals surface area contributed by atoms with Crippen molar-refractivity contribution in [2.45, 2.75) is 13.3 Å². The number of halogens is 1. The maximum absolute atomic E-state index is 2.15. The molecule has 0 saturated heterocycles. The van der Waals surface area contributed by atoms with Crippen LogP contribution in [0.5, 0.6) is 0 Å². The molecule has 0 aromatic carbocycles. The summed E-state index contributed by atoms with van der Waals surface area (Å²) in [7, 11) is 3.78. The van der Waals surface area contributed by atoms with Crippen molar-refractivity contribution in [2.24, 2.45) is 0 Å². The molecule has 70 valence electrons. The van der Waals surface area contributed by atoms with Gasteiger partial charge in [-0.2, -0.15) is 0 Å². The highest BCUT2D eigenvalue weighted by molar-refractivity contribution is 8.07. The molecule has 0 aliphatic carbocycles. The summed E-state index contributed by atoms with van der Waals surface area (Å²) in [6, 6.07) is 0. The van der Waals surface area contributed by atoms with Crippen molar-refractivity contribution in [1.82, 2.24) is 0 Å². The van der Waals surface area contributed by atoms with Crippen molar-refractivity contribution < 1.29 is 24.0 Å². The van der Waals surface area contributed by atoms with Crippen LogP contribution in [0.15, 0.2) is 13.3 Å². The summed E-state index contributed by atoms with van der Waals surface area (Å²) in [5.41, 5.74) is 0. The second-order valence-corrected chi connectivity index (χ2v) is 6.80. The first kappa shape index (κ1) is 13.8. The molecule has 0 fully saturated rings. The van der Waals surface area contributed by atoms with Crippen molar-refractivity contribution in [3.63, 3.8) is 0 Å². The van der Waals surface area contributed by atoms with Crippen LogP contribution in [0.3, 0.4) is 0 Å². The third-order valence-electron chi connectivity index (χ3n) is 1.14. The molecule has 0 bridgehead atoms. The van der Waals surface area contributed by atoms with Crippen LogP contribution in [0.2, 0.25) is 0 Å². The number of thioether (sulfide) groups is 3. The molecule has 1 aromatic rings. The Hall–Kier alpha value is 1.83. The molecule has 0 unspecified atom stereocenters. The minimum Gasteiger partial charge on any atom is -1.00 e. The molecular formula is C6H9IS5. The summed E-state index contributed by atoms with van der Waals surface area (Å²) < 4.78 is 2.93. The van der Waals surface area contributed by atoms with Gasteiger partial charge in [0.15, 0.2) is 10.3 Å². The van der Waals surface area contributed by atoms with Gasteiger partial charge in [0.05, 0.1) is 0 Å². The Morgan fingerprint density at radius 1 is 1.08 bits per heavy atom. The van der Waals surface area contributed by atoms with Crippen LogP contribution >= 0.6 is 56.0 Å². The average Bonchev–Trinajstić information content (AvgIpc) is 2.45. The Balaban J connectivity index is 0.00000121. The molecule has 0 aliphatic heterocycles. The van der Waals surface area contributed by atoms with E-state index in [-0.39, 0.29) is 24.0 Å². The van der Waals surface area contributed by atoms with E-state index in [1.165, 1.54) is 13.3 Å². The lowest BCUT2D eigenvalue weighted by Crippen LogP contribution is -3.00. The van der Waals surface area contributed by atoms with Crippen LogP contribution in [0.1, 0.15) is 0 Å². The van der Waals surface area contributed by atoms with E-state index in [2.05, 4.69) is 18.8 Å². The summed E-state index contributed by atoms with van der Waals surface area (Å²) in [6.45, 7) is 0. The van der Waals surface area contributed by atoms with Crippen LogP contribution < -0.4 is 24.0 Å². The van der Waals surface area contributed by atoms with Gasteiger partial charge in [-0.25, -0.2) is 0 Å². The fraction of sp³-hybridized carbons (Fsp3) is 0.500. The minimum absolute atomic E-state index is 0. The zero-order valence-electron chi connectivity index (χ0n) is 6.92. The molecule has 0 atom stereocenters. The van der Waals surface area contributed by atoms with E-state index in [0.717, 1.165) is 0 Å². The van der Waals surface area contributed by atoms with Crippen molar-refractivity contribution in [1.29, 1.82) is 0 Å². The van der Waals surface area contributed by atoms with Crippen molar-refractivity contribution >= 4 is 56.0 Å². The Labute approximate surface area is 111 Å². The summed E-state index contributed by atoms with van der Waals surface area (Å²) >= 11 is 5.56. The maximum Gasteiger partial charge on any atom is 0.309 e. The quantitative estimate of drug-likeness (QED) is 0.341. The van der Waals surface area contributed by atoms with Crippen LogP contribution in [-0.4, -0.2) is 18.8 Å². The van der Waals surface area contributed by atoms with Gasteiger partial charge in [-0.15, -0.1) is 23.5 Å². The van der Waals surface area contributed by atoms with Gasteiger partial charge >= 0.3 is 10.3 Å². The molecule has 0 amide bonds. The SMILES string of the molecule is CSc1s[s+]c(SC)c1SC.[I-]. The largest absolute Gasteiger partial charge is 1.00 e. The van der Waals surface area contributed by atoms with E-state index < -0.39 is 0 Å². The number of hydrogen-bond acceptors (Lipinski definition) is 4. The lowest BCUT2D eigenvalue weighted by Gasteiger charge is -1.90. The number of rotatable bonds is 3. The molecule has 1 heterocycles. The molecule has 0 N–H and O–H groups in total. The fourth-order valence-electron chi connectivity index (χ4n) is 0.655. The highest BCUT2D eigenvalue weighted by atomic mass is 127. The van der Waals surface area contributed by atoms with Gasteiger partial charge in [0, 0.05) is 0 Å². The first-order valence-corrected chi connectivity index (χ1v) is 8.74. The van der Waals surface area contributed by atoms with E-state index in [9.17, 15) is 0 Å². The van der Waals surface area contributed by atoms with Gasteiger partial charge < -0.3 is 24.0 Å². The van der Waals surface area contributed by atoms with Gasteiger partial charge in [0.25, 0.3) is 4.21 Å². The van der Waals surface area contributed by atoms with Crippen LogP contribution in [0.4, 0.5) is 0 Å². The van der Waals surface area contributed by atoms with E-state index in [1.54, 1.807) is 0 Å². The molecular weight excluding hydrogens is 359 g/mol. The molecule has 0 nitrogen and oxygen atoms in total. The lowest BCUT2D eigenvalue weighted by molar-refractivity contribution is -0.00000212. The molecule has 0 radical (unpaired) electrons. The predicted octanol–water partition coefficient (Wildman–Crippen LogP) is 1.26. The zero-order valence-corrected chi connectivity index (χ0v) is 13.2. The molecule has 1 rings (SSSR count). The smallest absolute Gasteiger partial charge is 0.309 e. The third-order valence-corrected chi connectivity index (χ3v) is 7.80. The van der Waals surface area contributed by atoms with Crippen molar-refractivity contribution in [2.75, 3.05) is 18.8 Å². The van der Waals surface area contributed by atoms with Gasteiger partial charge in [-0.05, 0) is 18.8 Å². The van der Waals surface area contributed by atoms with Crippen LogP contribution in [0, 0.1) is 0 Å². The summed E-state index contributed by atoms with van der Waals surface area (Å²) in [5.74, 6) is 0. The number of hydrogen-bond donors (Lipinski definition) is 0. The van der Waals surface area contributed by atoms with Crippen molar-refractivity contribution in [3.05, 3.63) is 0 Å². The predicted molar refractivity (Wildman–Crippen MR) is 61.9 cm³/mol. The molecule has 12 heavy (non-hydrogen) atoms. The van der Waals surface area contributed by atoms with Crippen LogP contribution in [0.25, 0.3) is 0 Å². The first-order valence-electron chi connectivity index (χ1n) is 2.91. The lowest BCUT2D eigenvalue weighted by atomic mass is 10.8. The summed E-state index contributed by atoms with van der Waals surface area (Å²) in [6.07, 6.45) is 6.43. The molecule has 0 aliphatic rings. The minimum atomic E-state index is 0. The normalized spacial score (nSPS) is 9.58. The first-order chi connectivity index (χ1) is 5.33. The Kier molecular flexibility index (Phi) is 8.26. The molecule has 1 aromatic heterocycles. The summed E-state index contributed by atoms with van der Waals surface area (Å²) in [5, 5.41) is 0. The molecule has 0 spiro atoms. The van der Waals surface area contributed by atoms with Gasteiger partial charge in [-0.3, -0.25) is 0 Å². The second kappa shape index (κ2) is 7.17. The highest BCUT2D eigenvalue weighted by Crippen LogP contribution is 2.44. The van der Waals surface area contributed by atoms with Gasteiger partial charge in [-0.1, -0.05) is 11.8 Å². The van der Waals surface area contributed by atoms with Crippen LogP contribution in [-0.2, 0) is 0 Å². The zero-order chi connectivity index (χ0) is 8.27. The van der Waals surface area contributed by atoms with E-state index in [4.69, 9.17) is 0 Å². The van der Waals surface area contributed by atoms with Gasteiger partial charge in [0.1, 0.15) is 9.10 Å².